The van der Waals surface area contributed by atoms with E-state index in [1.165, 1.54) is 20.3 Å². The van der Waals surface area contributed by atoms with Gasteiger partial charge >= 0.3 is 6.18 Å². The number of anilines is 2. The summed E-state index contributed by atoms with van der Waals surface area (Å²) in [7, 11) is 3.02. The highest BCUT2D eigenvalue weighted by Crippen LogP contribution is 2.40. The van der Waals surface area contributed by atoms with Crippen LogP contribution >= 0.6 is 11.3 Å². The number of hydrogen-bond donors (Lipinski definition) is 2. The summed E-state index contributed by atoms with van der Waals surface area (Å²) in [6.45, 7) is 1.62. The third kappa shape index (κ3) is 9.62. The first-order valence-corrected chi connectivity index (χ1v) is 19.4. The number of ether oxygens (including phenoxy) is 4. The van der Waals surface area contributed by atoms with Crippen molar-refractivity contribution in [3.8, 4) is 23.0 Å². The molecule has 300 valence electrons. The minimum Gasteiger partial charge on any atom is -0.493 e. The molecule has 2 aliphatic heterocycles. The number of piperidine rings is 2. The third-order valence-corrected chi connectivity index (χ3v) is 11.1. The third-order valence-electron chi connectivity index (χ3n) is 9.99. The van der Waals surface area contributed by atoms with Crippen molar-refractivity contribution < 1.29 is 41.7 Å². The van der Waals surface area contributed by atoms with Crippen molar-refractivity contribution in [3.63, 3.8) is 0 Å². The number of hydrogen-bond acceptors (Lipinski definition) is 11. The molecular weight excluding hydrogens is 762 g/mol. The van der Waals surface area contributed by atoms with Crippen molar-refractivity contribution >= 4 is 44.3 Å². The first kappa shape index (κ1) is 39.5. The molecule has 3 atom stereocenters. The van der Waals surface area contributed by atoms with Gasteiger partial charge in [-0.3, -0.25) is 9.59 Å². The molecule has 0 saturated carbocycles. The van der Waals surface area contributed by atoms with E-state index in [4.69, 9.17) is 23.9 Å². The van der Waals surface area contributed by atoms with Crippen molar-refractivity contribution in [1.29, 1.82) is 0 Å². The van der Waals surface area contributed by atoms with Gasteiger partial charge in [-0.05, 0) is 61.7 Å². The summed E-state index contributed by atoms with van der Waals surface area (Å²) in [4.78, 5) is 39.4. The highest BCUT2D eigenvalue weighted by atomic mass is 32.1. The van der Waals surface area contributed by atoms with Gasteiger partial charge in [0.1, 0.15) is 5.82 Å². The molecule has 2 fully saturated rings. The molecule has 0 bridgehead atoms. The molecule has 0 aliphatic carbocycles. The van der Waals surface area contributed by atoms with Crippen LogP contribution in [0, 0.1) is 0 Å². The van der Waals surface area contributed by atoms with Crippen molar-refractivity contribution in [3.05, 3.63) is 96.2 Å². The Balaban J connectivity index is 1.03. The SMILES string of the molecule is COc1ccccc1OCC(=O)NC1CC(c2cccc(OCC(=O)NC3CCCN(c4nc5ccccc5s4)C3)c2OC)CN(c2ccc(C(F)(F)F)cn2)C1. The minimum atomic E-state index is -4.54. The Hall–Kier alpha value is -5.77. The number of aromatic nitrogens is 2. The first-order chi connectivity index (χ1) is 27.6. The lowest BCUT2D eigenvalue weighted by molar-refractivity contribution is -0.137. The number of para-hydroxylation sites is 4. The fourth-order valence-electron chi connectivity index (χ4n) is 7.37. The number of carbonyl (C=O) groups excluding carboxylic acids is 2. The second kappa shape index (κ2) is 17.6. The van der Waals surface area contributed by atoms with Gasteiger partial charge in [0.05, 0.1) is 30.0 Å². The Kier molecular flexibility index (Phi) is 12.2. The van der Waals surface area contributed by atoms with Gasteiger partial charge in [-0.25, -0.2) is 9.97 Å². The summed E-state index contributed by atoms with van der Waals surface area (Å²) in [5, 5.41) is 7.08. The lowest BCUT2D eigenvalue weighted by Gasteiger charge is -2.39. The largest absolute Gasteiger partial charge is 0.493 e. The maximum absolute atomic E-state index is 13.4. The molecule has 2 saturated heterocycles. The maximum atomic E-state index is 13.4. The quantitative estimate of drug-likeness (QED) is 0.137. The number of methoxy groups -OCH3 is 2. The summed E-state index contributed by atoms with van der Waals surface area (Å²) in [6, 6.07) is 22.2. The van der Waals surface area contributed by atoms with E-state index in [0.29, 0.717) is 48.3 Å². The lowest BCUT2D eigenvalue weighted by atomic mass is 9.87. The Morgan fingerprint density at radius 1 is 0.807 bits per heavy atom. The van der Waals surface area contributed by atoms with Crippen LogP contribution in [-0.4, -0.2) is 87.5 Å². The topological polar surface area (TPSA) is 127 Å². The highest BCUT2D eigenvalue weighted by molar-refractivity contribution is 7.22. The van der Waals surface area contributed by atoms with Crippen LogP contribution in [0.1, 0.15) is 36.3 Å². The Morgan fingerprint density at radius 2 is 1.51 bits per heavy atom. The first-order valence-electron chi connectivity index (χ1n) is 18.6. The average molecular weight is 805 g/mol. The van der Waals surface area contributed by atoms with Gasteiger partial charge in [0.2, 0.25) is 0 Å². The lowest BCUT2D eigenvalue weighted by Crippen LogP contribution is -2.51. The van der Waals surface area contributed by atoms with Gasteiger partial charge in [-0.1, -0.05) is 47.7 Å². The summed E-state index contributed by atoms with van der Waals surface area (Å²) >= 11 is 1.64. The molecule has 3 aromatic carbocycles. The predicted molar refractivity (Wildman–Crippen MR) is 211 cm³/mol. The second-order valence-electron chi connectivity index (χ2n) is 13.9. The van der Waals surface area contributed by atoms with Crippen LogP contribution in [0.15, 0.2) is 85.1 Å². The molecule has 2 N–H and O–H groups in total. The molecule has 0 radical (unpaired) electrons. The highest BCUT2D eigenvalue weighted by Gasteiger charge is 2.34. The van der Waals surface area contributed by atoms with Gasteiger partial charge < -0.3 is 39.4 Å². The van der Waals surface area contributed by atoms with Gasteiger partial charge in [0.25, 0.3) is 11.8 Å². The zero-order valence-electron chi connectivity index (χ0n) is 31.5. The molecule has 2 amide bonds. The zero-order chi connectivity index (χ0) is 39.9. The average Bonchev–Trinajstić information content (AvgIpc) is 3.66. The number of fused-ring (bicyclic) bond motifs is 1. The number of amides is 2. The van der Waals surface area contributed by atoms with Crippen LogP contribution in [0.4, 0.5) is 24.1 Å². The molecule has 12 nitrogen and oxygen atoms in total. The molecule has 16 heteroatoms. The number of pyridine rings is 1. The molecule has 2 aromatic heterocycles. The number of benzene rings is 3. The van der Waals surface area contributed by atoms with E-state index in [1.807, 2.05) is 29.2 Å². The number of halogens is 3. The van der Waals surface area contributed by atoms with Crippen LogP contribution in [0.2, 0.25) is 0 Å². The molecule has 5 aromatic rings. The number of alkyl halides is 3. The van der Waals surface area contributed by atoms with Crippen LogP contribution in [0.25, 0.3) is 10.2 Å². The maximum Gasteiger partial charge on any atom is 0.417 e. The van der Waals surface area contributed by atoms with Crippen molar-refractivity contribution in [2.75, 3.05) is 63.4 Å². The van der Waals surface area contributed by atoms with Crippen molar-refractivity contribution in [1.82, 2.24) is 20.6 Å². The summed E-state index contributed by atoms with van der Waals surface area (Å²) < 4.78 is 64.3. The van der Waals surface area contributed by atoms with Crippen molar-refractivity contribution in [2.24, 2.45) is 0 Å². The number of rotatable bonds is 13. The molecule has 4 heterocycles. The Labute approximate surface area is 331 Å². The Morgan fingerprint density at radius 3 is 2.23 bits per heavy atom. The molecule has 0 spiro atoms. The van der Waals surface area contributed by atoms with E-state index in [2.05, 4.69) is 26.6 Å². The summed E-state index contributed by atoms with van der Waals surface area (Å²) in [5.74, 6) is 1.05. The number of carbonyl (C=O) groups is 2. The fraction of sp³-hybridized carbons (Fsp3) is 0.366. The van der Waals surface area contributed by atoms with Crippen LogP contribution in [-0.2, 0) is 15.8 Å². The predicted octanol–water partition coefficient (Wildman–Crippen LogP) is 6.45. The molecule has 7 rings (SSSR count). The zero-order valence-corrected chi connectivity index (χ0v) is 32.3. The normalized spacial score (nSPS) is 18.5. The standard InChI is InChI=1S/C41H43F3N6O6S/c1-53-32-12-4-5-13-33(32)55-24-38(52)47-29-19-26(21-50(23-29)36-17-16-27(20-45-36)41(42,43)44)30-10-7-14-34(39(30)54-2)56-25-37(51)46-28-9-8-18-49(22-28)40-48-31-11-3-6-15-35(31)57-40/h3-7,10-17,20,26,28-29H,8-9,18-19,21-25H2,1-2H3,(H,46,51)(H,47,52). The van der Waals surface area contributed by atoms with E-state index in [1.54, 1.807) is 47.7 Å². The van der Waals surface area contributed by atoms with E-state index >= 15 is 0 Å². The second-order valence-corrected chi connectivity index (χ2v) is 14.9. The molecule has 57 heavy (non-hydrogen) atoms. The number of nitrogens with zero attached hydrogens (tertiary/aromatic N) is 4. The van der Waals surface area contributed by atoms with Crippen LogP contribution in [0.3, 0.4) is 0 Å². The van der Waals surface area contributed by atoms with Crippen LogP contribution < -0.4 is 39.4 Å². The smallest absolute Gasteiger partial charge is 0.417 e. The molecule has 3 unspecified atom stereocenters. The summed E-state index contributed by atoms with van der Waals surface area (Å²) in [6.07, 6.45) is -1.52. The van der Waals surface area contributed by atoms with Crippen molar-refractivity contribution in [2.45, 2.75) is 43.4 Å². The van der Waals surface area contributed by atoms with E-state index in [9.17, 15) is 22.8 Å². The van der Waals surface area contributed by atoms with Gasteiger partial charge in [-0.2, -0.15) is 13.2 Å². The number of nitrogens with one attached hydrogen (secondary N) is 2. The fourth-order valence-corrected chi connectivity index (χ4v) is 8.37. The number of thiazole rings is 1. The van der Waals surface area contributed by atoms with E-state index < -0.39 is 17.8 Å². The van der Waals surface area contributed by atoms with Crippen LogP contribution in [0.5, 0.6) is 23.0 Å². The Bertz CT molecular complexity index is 2140. The molecular formula is C41H43F3N6O6S. The van der Waals surface area contributed by atoms with Gasteiger partial charge in [-0.15, -0.1) is 0 Å². The summed E-state index contributed by atoms with van der Waals surface area (Å²) in [5.41, 5.74) is 0.846. The van der Waals surface area contributed by atoms with E-state index in [0.717, 1.165) is 52.6 Å². The molecule has 2 aliphatic rings. The van der Waals surface area contributed by atoms with Gasteiger partial charge in [0, 0.05) is 55.9 Å². The van der Waals surface area contributed by atoms with E-state index in [-0.39, 0.29) is 43.5 Å². The monoisotopic (exact) mass is 804 g/mol. The van der Waals surface area contributed by atoms with Gasteiger partial charge in [0.15, 0.2) is 41.3 Å². The minimum absolute atomic E-state index is 0.0746.